The van der Waals surface area contributed by atoms with Crippen LogP contribution < -0.4 is 5.73 Å². The Balaban J connectivity index is 1.68. The first kappa shape index (κ1) is 17.3. The van der Waals surface area contributed by atoms with E-state index >= 15 is 0 Å². The van der Waals surface area contributed by atoms with Crippen molar-refractivity contribution in [2.75, 3.05) is 6.26 Å². The summed E-state index contributed by atoms with van der Waals surface area (Å²) in [6, 6.07) is 17.3. The topological polar surface area (TPSA) is 97.6 Å². The highest BCUT2D eigenvalue weighted by Gasteiger charge is 2.60. The molecule has 2 aromatic carbocycles. The molecule has 7 heteroatoms. The maximum atomic E-state index is 12.4. The van der Waals surface area contributed by atoms with Gasteiger partial charge in [-0.2, -0.15) is 5.26 Å². The maximum Gasteiger partial charge on any atom is 0.228 e. The molecule has 1 aromatic heterocycles. The molecule has 0 bridgehead atoms. The van der Waals surface area contributed by atoms with Crippen molar-refractivity contribution >= 4 is 17.7 Å². The van der Waals surface area contributed by atoms with E-state index in [4.69, 9.17) is 11.0 Å². The van der Waals surface area contributed by atoms with E-state index in [1.54, 1.807) is 12.4 Å². The van der Waals surface area contributed by atoms with Crippen molar-refractivity contribution < 1.29 is 4.79 Å². The van der Waals surface area contributed by atoms with Gasteiger partial charge in [0.05, 0.1) is 17.0 Å². The molecule has 1 fully saturated rings. The van der Waals surface area contributed by atoms with Gasteiger partial charge in [0, 0.05) is 11.6 Å². The SMILES string of the molecule is CSc1nncn1-c1ccc(C2(C(N)=O)CC2c2cccc(C#N)c2)cc1. The van der Waals surface area contributed by atoms with Crippen LogP contribution in [0.25, 0.3) is 5.69 Å². The summed E-state index contributed by atoms with van der Waals surface area (Å²) >= 11 is 1.51. The van der Waals surface area contributed by atoms with Crippen molar-refractivity contribution in [1.29, 1.82) is 5.26 Å². The number of thioether (sulfide) groups is 1. The Kier molecular flexibility index (Phi) is 4.21. The van der Waals surface area contributed by atoms with Crippen LogP contribution in [-0.4, -0.2) is 26.9 Å². The summed E-state index contributed by atoms with van der Waals surface area (Å²) in [5.74, 6) is -0.345. The molecule has 1 saturated carbocycles. The fourth-order valence-electron chi connectivity index (χ4n) is 3.68. The Labute approximate surface area is 161 Å². The second-order valence-electron chi connectivity index (χ2n) is 6.56. The van der Waals surface area contributed by atoms with Crippen molar-refractivity contribution in [3.8, 4) is 11.8 Å². The third-order valence-electron chi connectivity index (χ3n) is 5.18. The average molecular weight is 375 g/mol. The Morgan fingerprint density at radius 3 is 2.78 bits per heavy atom. The lowest BCUT2D eigenvalue weighted by Crippen LogP contribution is -2.30. The highest BCUT2D eigenvalue weighted by atomic mass is 32.2. The molecule has 6 nitrogen and oxygen atoms in total. The van der Waals surface area contributed by atoms with Crippen molar-refractivity contribution in [3.63, 3.8) is 0 Å². The smallest absolute Gasteiger partial charge is 0.228 e. The van der Waals surface area contributed by atoms with Gasteiger partial charge in [-0.05, 0) is 48.1 Å². The molecule has 0 radical (unpaired) electrons. The van der Waals surface area contributed by atoms with Gasteiger partial charge in [0.2, 0.25) is 5.91 Å². The Hall–Kier alpha value is -3.11. The average Bonchev–Trinajstić information content (AvgIpc) is 3.30. The van der Waals surface area contributed by atoms with Crippen LogP contribution in [0, 0.1) is 11.3 Å². The number of amides is 1. The minimum absolute atomic E-state index is 0.00850. The molecular weight excluding hydrogens is 358 g/mol. The quantitative estimate of drug-likeness (QED) is 0.692. The number of aromatic nitrogens is 3. The minimum atomic E-state index is -0.720. The Morgan fingerprint density at radius 2 is 2.11 bits per heavy atom. The summed E-state index contributed by atoms with van der Waals surface area (Å²) in [6.07, 6.45) is 4.26. The number of nitrogens with two attached hydrogens (primary N) is 1. The molecule has 27 heavy (non-hydrogen) atoms. The van der Waals surface area contributed by atoms with Crippen LogP contribution in [0.3, 0.4) is 0 Å². The first-order chi connectivity index (χ1) is 13.1. The van der Waals surface area contributed by atoms with Crippen LogP contribution in [0.15, 0.2) is 60.0 Å². The molecule has 2 unspecified atom stereocenters. The lowest BCUT2D eigenvalue weighted by Gasteiger charge is -2.15. The minimum Gasteiger partial charge on any atom is -0.369 e. The number of nitriles is 1. The second-order valence-corrected chi connectivity index (χ2v) is 7.34. The zero-order valence-electron chi connectivity index (χ0n) is 14.7. The number of carbonyl (C=O) groups is 1. The predicted octanol–water partition coefficient (Wildman–Crippen LogP) is 2.77. The monoisotopic (exact) mass is 375 g/mol. The molecule has 1 aliphatic rings. The van der Waals surface area contributed by atoms with E-state index in [1.165, 1.54) is 11.8 Å². The molecule has 1 heterocycles. The van der Waals surface area contributed by atoms with Crippen LogP contribution in [0.1, 0.15) is 29.0 Å². The van der Waals surface area contributed by atoms with E-state index in [0.717, 1.165) is 22.0 Å². The number of hydrogen-bond donors (Lipinski definition) is 1. The fraction of sp³-hybridized carbons (Fsp3) is 0.200. The lowest BCUT2D eigenvalue weighted by atomic mass is 9.89. The molecule has 2 N–H and O–H groups in total. The Bertz CT molecular complexity index is 1050. The lowest BCUT2D eigenvalue weighted by molar-refractivity contribution is -0.120. The van der Waals surface area contributed by atoms with Gasteiger partial charge >= 0.3 is 0 Å². The number of rotatable bonds is 5. The largest absolute Gasteiger partial charge is 0.369 e. The number of hydrogen-bond acceptors (Lipinski definition) is 5. The summed E-state index contributed by atoms with van der Waals surface area (Å²) in [4.78, 5) is 12.4. The third-order valence-corrected chi connectivity index (χ3v) is 5.82. The maximum absolute atomic E-state index is 12.4. The van der Waals surface area contributed by atoms with Crippen LogP contribution in [0.2, 0.25) is 0 Å². The first-order valence-electron chi connectivity index (χ1n) is 8.45. The van der Waals surface area contributed by atoms with Crippen LogP contribution >= 0.6 is 11.8 Å². The zero-order chi connectivity index (χ0) is 19.0. The van der Waals surface area contributed by atoms with Gasteiger partial charge in [0.1, 0.15) is 6.33 Å². The summed E-state index contributed by atoms with van der Waals surface area (Å²) in [6.45, 7) is 0. The number of benzene rings is 2. The van der Waals surface area contributed by atoms with Crippen molar-refractivity contribution in [2.45, 2.75) is 22.9 Å². The van der Waals surface area contributed by atoms with Gasteiger partial charge in [-0.1, -0.05) is 36.0 Å². The normalized spacial score (nSPS) is 20.8. The number of carbonyl (C=O) groups excluding carboxylic acids is 1. The van der Waals surface area contributed by atoms with Crippen LogP contribution in [0.5, 0.6) is 0 Å². The van der Waals surface area contributed by atoms with Crippen LogP contribution in [-0.2, 0) is 10.2 Å². The molecule has 0 saturated heterocycles. The molecule has 1 amide bonds. The molecular formula is C20H17N5OS. The van der Waals surface area contributed by atoms with Crippen molar-refractivity contribution in [2.24, 2.45) is 5.73 Å². The Morgan fingerprint density at radius 1 is 1.33 bits per heavy atom. The molecule has 2 atom stereocenters. The van der Waals surface area contributed by atoms with Crippen molar-refractivity contribution in [1.82, 2.24) is 14.8 Å². The van der Waals surface area contributed by atoms with Crippen molar-refractivity contribution in [3.05, 3.63) is 71.5 Å². The second kappa shape index (κ2) is 6.56. The molecule has 3 aromatic rings. The van der Waals surface area contributed by atoms with Gasteiger partial charge in [0.25, 0.3) is 0 Å². The van der Waals surface area contributed by atoms with Gasteiger partial charge < -0.3 is 5.73 Å². The van der Waals surface area contributed by atoms with E-state index in [-0.39, 0.29) is 11.8 Å². The number of primary amides is 1. The van der Waals surface area contributed by atoms with E-state index in [1.807, 2.05) is 53.3 Å². The van der Waals surface area contributed by atoms with Gasteiger partial charge in [0.15, 0.2) is 5.16 Å². The van der Waals surface area contributed by atoms with Gasteiger partial charge in [-0.25, -0.2) is 0 Å². The van der Waals surface area contributed by atoms with Gasteiger partial charge in [-0.3, -0.25) is 9.36 Å². The van der Waals surface area contributed by atoms with E-state index in [2.05, 4.69) is 16.3 Å². The molecule has 134 valence electrons. The first-order valence-corrected chi connectivity index (χ1v) is 9.67. The van der Waals surface area contributed by atoms with E-state index in [9.17, 15) is 4.79 Å². The molecule has 4 rings (SSSR count). The summed E-state index contributed by atoms with van der Waals surface area (Å²) < 4.78 is 1.89. The molecule has 1 aliphatic carbocycles. The number of nitrogens with zero attached hydrogens (tertiary/aromatic N) is 4. The van der Waals surface area contributed by atoms with Crippen LogP contribution in [0.4, 0.5) is 0 Å². The highest BCUT2D eigenvalue weighted by Crippen LogP contribution is 2.60. The van der Waals surface area contributed by atoms with E-state index in [0.29, 0.717) is 12.0 Å². The molecule has 0 spiro atoms. The fourth-order valence-corrected chi connectivity index (χ4v) is 4.16. The van der Waals surface area contributed by atoms with Gasteiger partial charge in [-0.15, -0.1) is 10.2 Å². The summed E-state index contributed by atoms with van der Waals surface area (Å²) in [5.41, 5.74) is 8.47. The third kappa shape index (κ3) is 2.78. The van der Waals surface area contributed by atoms with E-state index < -0.39 is 5.41 Å². The summed E-state index contributed by atoms with van der Waals surface area (Å²) in [7, 11) is 0. The predicted molar refractivity (Wildman–Crippen MR) is 103 cm³/mol. The molecule has 0 aliphatic heterocycles. The zero-order valence-corrected chi connectivity index (χ0v) is 15.5. The standard InChI is InChI=1S/C20H17N5OS/c1-27-19-24-23-12-25(19)16-7-5-15(6-8-16)20(18(22)26)10-17(20)14-4-2-3-13(9-14)11-21/h2-9,12,17H,10H2,1H3,(H2,22,26). The highest BCUT2D eigenvalue weighted by molar-refractivity contribution is 7.98. The summed E-state index contributed by atoms with van der Waals surface area (Å²) in [5, 5.41) is 17.9.